The van der Waals surface area contributed by atoms with Crippen molar-refractivity contribution in [2.24, 2.45) is 0 Å². The van der Waals surface area contributed by atoms with Crippen LogP contribution >= 0.6 is 15.9 Å². The zero-order chi connectivity index (χ0) is 11.1. The normalized spacial score (nSPS) is 10.9. The van der Waals surface area contributed by atoms with Crippen LogP contribution in [0.4, 0.5) is 0 Å². The van der Waals surface area contributed by atoms with Crippen molar-refractivity contribution in [3.8, 4) is 0 Å². The fourth-order valence-corrected chi connectivity index (χ4v) is 2.12. The summed E-state index contributed by atoms with van der Waals surface area (Å²) >= 11 is 3.49. The number of rotatable bonds is 6. The van der Waals surface area contributed by atoms with E-state index >= 15 is 0 Å². The Morgan fingerprint density at radius 3 is 2.73 bits per heavy atom. The largest absolute Gasteiger partial charge is 0.297 e. The zero-order valence-corrected chi connectivity index (χ0v) is 11.1. The van der Waals surface area contributed by atoms with Gasteiger partial charge in [-0.15, -0.1) is 0 Å². The van der Waals surface area contributed by atoms with Gasteiger partial charge in [-0.05, 0) is 32.0 Å². The summed E-state index contributed by atoms with van der Waals surface area (Å²) in [5.74, 6) is 0. The van der Waals surface area contributed by atoms with E-state index in [4.69, 9.17) is 0 Å². The van der Waals surface area contributed by atoms with Gasteiger partial charge in [0.15, 0.2) is 0 Å². The summed E-state index contributed by atoms with van der Waals surface area (Å²) in [4.78, 5) is 6.95. The number of alkyl halides is 1. The van der Waals surface area contributed by atoms with E-state index in [2.05, 4.69) is 44.9 Å². The molecule has 0 amide bonds. The predicted octanol–water partition coefficient (Wildman–Crippen LogP) is 3.00. The second kappa shape index (κ2) is 6.96. The highest BCUT2D eigenvalue weighted by Gasteiger charge is 2.04. The molecule has 84 valence electrons. The molecule has 15 heavy (non-hydrogen) atoms. The zero-order valence-electron chi connectivity index (χ0n) is 9.54. The second-order valence-electron chi connectivity index (χ2n) is 3.74. The van der Waals surface area contributed by atoms with Gasteiger partial charge >= 0.3 is 0 Å². The Morgan fingerprint density at radius 2 is 2.13 bits per heavy atom. The van der Waals surface area contributed by atoms with Crippen LogP contribution in [0.5, 0.6) is 0 Å². The molecule has 0 spiro atoms. The van der Waals surface area contributed by atoms with Crippen LogP contribution in [0.25, 0.3) is 0 Å². The Labute approximate surface area is 101 Å². The van der Waals surface area contributed by atoms with Crippen molar-refractivity contribution < 1.29 is 0 Å². The minimum absolute atomic E-state index is 0.959. The molecule has 0 N–H and O–H groups in total. The molecule has 0 aliphatic heterocycles. The number of halogens is 1. The molecule has 1 aromatic heterocycles. The Bertz CT molecular complexity index is 283. The summed E-state index contributed by atoms with van der Waals surface area (Å²) in [6.07, 6.45) is 1.19. The highest BCUT2D eigenvalue weighted by atomic mass is 79.9. The number of aromatic nitrogens is 1. The van der Waals surface area contributed by atoms with Crippen molar-refractivity contribution in [1.29, 1.82) is 0 Å². The maximum atomic E-state index is 4.52. The molecule has 0 aromatic carbocycles. The van der Waals surface area contributed by atoms with Crippen LogP contribution in [-0.4, -0.2) is 28.3 Å². The number of pyridine rings is 1. The van der Waals surface area contributed by atoms with Gasteiger partial charge in [-0.2, -0.15) is 0 Å². The van der Waals surface area contributed by atoms with Crippen LogP contribution in [0.3, 0.4) is 0 Å². The Kier molecular flexibility index (Phi) is 5.88. The third kappa shape index (κ3) is 4.76. The van der Waals surface area contributed by atoms with Gasteiger partial charge in [0, 0.05) is 24.1 Å². The van der Waals surface area contributed by atoms with Gasteiger partial charge < -0.3 is 0 Å². The van der Waals surface area contributed by atoms with E-state index in [1.165, 1.54) is 12.1 Å². The predicted molar refractivity (Wildman–Crippen MR) is 68.3 cm³/mol. The molecule has 0 saturated heterocycles. The lowest BCUT2D eigenvalue weighted by molar-refractivity contribution is 0.280. The van der Waals surface area contributed by atoms with Crippen LogP contribution < -0.4 is 0 Å². The quantitative estimate of drug-likeness (QED) is 0.739. The molecule has 1 rings (SSSR count). The van der Waals surface area contributed by atoms with Crippen LogP contribution in [0.15, 0.2) is 18.2 Å². The lowest BCUT2D eigenvalue weighted by Gasteiger charge is -2.20. The van der Waals surface area contributed by atoms with Gasteiger partial charge in [-0.3, -0.25) is 9.88 Å². The van der Waals surface area contributed by atoms with E-state index in [0.717, 1.165) is 30.7 Å². The Hall–Kier alpha value is -0.410. The minimum atomic E-state index is 0.959. The van der Waals surface area contributed by atoms with Gasteiger partial charge in [0.2, 0.25) is 0 Å². The molecule has 0 aliphatic rings. The number of nitrogens with zero attached hydrogens (tertiary/aromatic N) is 2. The molecule has 0 radical (unpaired) electrons. The molecular formula is C12H19BrN2. The molecular weight excluding hydrogens is 252 g/mol. The molecule has 0 unspecified atom stereocenters. The van der Waals surface area contributed by atoms with Crippen molar-refractivity contribution in [2.75, 3.05) is 18.4 Å². The fraction of sp³-hybridized carbons (Fsp3) is 0.583. The number of hydrogen-bond acceptors (Lipinski definition) is 2. The molecule has 0 bridgehead atoms. The van der Waals surface area contributed by atoms with Gasteiger partial charge in [0.25, 0.3) is 0 Å². The first kappa shape index (κ1) is 12.7. The molecule has 0 saturated carbocycles. The fourth-order valence-electron chi connectivity index (χ4n) is 1.62. The summed E-state index contributed by atoms with van der Waals surface area (Å²) in [5.41, 5.74) is 2.27. The van der Waals surface area contributed by atoms with E-state index in [1.54, 1.807) is 0 Å². The molecule has 1 aromatic rings. The maximum Gasteiger partial charge on any atom is 0.0547 e. The first-order valence-corrected chi connectivity index (χ1v) is 6.59. The lowest BCUT2D eigenvalue weighted by atomic mass is 10.3. The first-order chi connectivity index (χ1) is 7.26. The van der Waals surface area contributed by atoms with Crippen molar-refractivity contribution in [3.63, 3.8) is 0 Å². The van der Waals surface area contributed by atoms with Crippen LogP contribution in [-0.2, 0) is 6.54 Å². The van der Waals surface area contributed by atoms with E-state index < -0.39 is 0 Å². The third-order valence-corrected chi connectivity index (χ3v) is 2.63. The third-order valence-electron chi connectivity index (χ3n) is 2.27. The van der Waals surface area contributed by atoms with Crippen molar-refractivity contribution in [1.82, 2.24) is 9.88 Å². The van der Waals surface area contributed by atoms with E-state index in [-0.39, 0.29) is 0 Å². The van der Waals surface area contributed by atoms with E-state index in [9.17, 15) is 0 Å². The van der Waals surface area contributed by atoms with Gasteiger partial charge in [-0.25, -0.2) is 0 Å². The van der Waals surface area contributed by atoms with E-state index in [0.29, 0.717) is 0 Å². The maximum absolute atomic E-state index is 4.52. The van der Waals surface area contributed by atoms with Crippen LogP contribution in [0, 0.1) is 6.92 Å². The van der Waals surface area contributed by atoms with Gasteiger partial charge in [0.1, 0.15) is 0 Å². The summed E-state index contributed by atoms with van der Waals surface area (Å²) < 4.78 is 0. The SMILES string of the molecule is CCCN(CCBr)Cc1cccc(C)n1. The van der Waals surface area contributed by atoms with Gasteiger partial charge in [0.05, 0.1) is 5.69 Å². The second-order valence-corrected chi connectivity index (χ2v) is 4.53. The Balaban J connectivity index is 2.56. The molecule has 0 atom stereocenters. The van der Waals surface area contributed by atoms with E-state index in [1.807, 2.05) is 13.0 Å². The molecule has 0 fully saturated rings. The molecule has 3 heteroatoms. The molecule has 0 aliphatic carbocycles. The topological polar surface area (TPSA) is 16.1 Å². The monoisotopic (exact) mass is 270 g/mol. The summed E-state index contributed by atoms with van der Waals surface area (Å²) in [5, 5.41) is 1.03. The highest BCUT2D eigenvalue weighted by molar-refractivity contribution is 9.09. The van der Waals surface area contributed by atoms with Crippen LogP contribution in [0.2, 0.25) is 0 Å². The standard InChI is InChI=1S/C12H19BrN2/c1-3-8-15(9-7-13)10-12-6-4-5-11(2)14-12/h4-6H,3,7-10H2,1-2H3. The summed E-state index contributed by atoms with van der Waals surface area (Å²) in [6.45, 7) is 7.44. The average Bonchev–Trinajstić information content (AvgIpc) is 2.18. The van der Waals surface area contributed by atoms with Crippen LogP contribution in [0.1, 0.15) is 24.7 Å². The molecule has 1 heterocycles. The average molecular weight is 271 g/mol. The summed E-state index contributed by atoms with van der Waals surface area (Å²) in [6, 6.07) is 6.22. The smallest absolute Gasteiger partial charge is 0.0547 e. The first-order valence-electron chi connectivity index (χ1n) is 5.47. The van der Waals surface area contributed by atoms with Gasteiger partial charge in [-0.1, -0.05) is 28.9 Å². The van der Waals surface area contributed by atoms with Crippen molar-refractivity contribution in [3.05, 3.63) is 29.6 Å². The minimum Gasteiger partial charge on any atom is -0.297 e. The van der Waals surface area contributed by atoms with Crippen molar-refractivity contribution in [2.45, 2.75) is 26.8 Å². The number of aryl methyl sites for hydroxylation is 1. The lowest BCUT2D eigenvalue weighted by Crippen LogP contribution is -2.26. The molecule has 2 nitrogen and oxygen atoms in total. The highest BCUT2D eigenvalue weighted by Crippen LogP contribution is 2.04. The summed E-state index contributed by atoms with van der Waals surface area (Å²) in [7, 11) is 0. The Morgan fingerprint density at radius 1 is 1.33 bits per heavy atom. The number of hydrogen-bond donors (Lipinski definition) is 0. The van der Waals surface area contributed by atoms with Crippen molar-refractivity contribution >= 4 is 15.9 Å².